The second-order valence-electron chi connectivity index (χ2n) is 4.85. The van der Waals surface area contributed by atoms with E-state index in [9.17, 15) is 5.11 Å². The number of nitrogens with zero attached hydrogens (tertiary/aromatic N) is 3. The van der Waals surface area contributed by atoms with Crippen molar-refractivity contribution in [1.82, 2.24) is 14.8 Å². The van der Waals surface area contributed by atoms with Crippen LogP contribution in [0.3, 0.4) is 0 Å². The highest BCUT2D eigenvalue weighted by Gasteiger charge is 2.16. The van der Waals surface area contributed by atoms with E-state index in [0.29, 0.717) is 11.4 Å². The summed E-state index contributed by atoms with van der Waals surface area (Å²) in [4.78, 5) is 4.28. The molecular formula is C14H18ClN3O. The summed E-state index contributed by atoms with van der Waals surface area (Å²) in [6.45, 7) is 4.18. The Bertz CT molecular complexity index is 539. The third-order valence-corrected chi connectivity index (χ3v) is 3.34. The number of aliphatic hydroxyl groups excluding tert-OH is 1. The van der Waals surface area contributed by atoms with Gasteiger partial charge in [-0.2, -0.15) is 5.10 Å². The molecule has 0 spiro atoms. The zero-order valence-electron chi connectivity index (χ0n) is 11.1. The molecule has 1 aromatic heterocycles. The molecule has 0 fully saturated rings. The molecule has 0 aliphatic rings. The lowest BCUT2D eigenvalue weighted by Crippen LogP contribution is -2.14. The Labute approximate surface area is 118 Å². The number of benzene rings is 1. The third-order valence-electron chi connectivity index (χ3n) is 3.11. The molecule has 0 aliphatic carbocycles. The molecule has 0 bridgehead atoms. The van der Waals surface area contributed by atoms with Crippen molar-refractivity contribution in [2.75, 3.05) is 6.61 Å². The normalized spacial score (nSPS) is 12.9. The van der Waals surface area contributed by atoms with Gasteiger partial charge in [0.1, 0.15) is 12.2 Å². The maximum Gasteiger partial charge on any atom is 0.138 e. The van der Waals surface area contributed by atoms with Crippen LogP contribution in [0.15, 0.2) is 30.6 Å². The van der Waals surface area contributed by atoms with Gasteiger partial charge in [0.25, 0.3) is 0 Å². The molecule has 19 heavy (non-hydrogen) atoms. The van der Waals surface area contributed by atoms with Crippen molar-refractivity contribution in [2.24, 2.45) is 0 Å². The SMILES string of the molecule is CC(C)n1ncnc1CC(CO)c1cccc(Cl)c1. The summed E-state index contributed by atoms with van der Waals surface area (Å²) in [5.41, 5.74) is 1.02. The maximum absolute atomic E-state index is 9.60. The summed E-state index contributed by atoms with van der Waals surface area (Å²) in [5.74, 6) is 0.870. The highest BCUT2D eigenvalue weighted by Crippen LogP contribution is 2.23. The van der Waals surface area contributed by atoms with Crippen LogP contribution >= 0.6 is 11.6 Å². The highest BCUT2D eigenvalue weighted by molar-refractivity contribution is 6.30. The van der Waals surface area contributed by atoms with Crippen molar-refractivity contribution < 1.29 is 5.11 Å². The minimum absolute atomic E-state index is 0.0135. The van der Waals surface area contributed by atoms with Gasteiger partial charge in [-0.15, -0.1) is 0 Å². The Morgan fingerprint density at radius 2 is 2.16 bits per heavy atom. The number of hydrogen-bond acceptors (Lipinski definition) is 3. The summed E-state index contributed by atoms with van der Waals surface area (Å²) >= 11 is 5.99. The van der Waals surface area contributed by atoms with Gasteiger partial charge in [-0.1, -0.05) is 23.7 Å². The van der Waals surface area contributed by atoms with E-state index in [4.69, 9.17) is 11.6 Å². The number of hydrogen-bond donors (Lipinski definition) is 1. The molecule has 102 valence electrons. The summed E-state index contributed by atoms with van der Waals surface area (Å²) in [6.07, 6.45) is 2.21. The van der Waals surface area contributed by atoms with E-state index in [2.05, 4.69) is 23.9 Å². The minimum atomic E-state index is -0.0135. The standard InChI is InChI=1S/C14H18ClN3O/c1-10(2)18-14(16-9-17-18)7-12(8-19)11-4-3-5-13(15)6-11/h3-6,9-10,12,19H,7-8H2,1-2H3. The molecule has 1 aromatic carbocycles. The first-order chi connectivity index (χ1) is 9.11. The van der Waals surface area contributed by atoms with Crippen molar-refractivity contribution in [1.29, 1.82) is 0 Å². The van der Waals surface area contributed by atoms with Gasteiger partial charge in [-0.3, -0.25) is 0 Å². The first kappa shape index (κ1) is 14.0. The van der Waals surface area contributed by atoms with Crippen LogP contribution in [0.4, 0.5) is 0 Å². The van der Waals surface area contributed by atoms with Gasteiger partial charge in [0, 0.05) is 23.4 Å². The average Bonchev–Trinajstić information content (AvgIpc) is 2.84. The molecule has 4 nitrogen and oxygen atoms in total. The van der Waals surface area contributed by atoms with E-state index < -0.39 is 0 Å². The van der Waals surface area contributed by atoms with Crippen LogP contribution in [0.25, 0.3) is 0 Å². The van der Waals surface area contributed by atoms with Gasteiger partial charge in [0.05, 0.1) is 6.61 Å². The number of aromatic nitrogens is 3. The smallest absolute Gasteiger partial charge is 0.138 e. The molecule has 0 amide bonds. The van der Waals surface area contributed by atoms with Crippen LogP contribution in [-0.4, -0.2) is 26.5 Å². The second-order valence-corrected chi connectivity index (χ2v) is 5.29. The van der Waals surface area contributed by atoms with Crippen molar-refractivity contribution >= 4 is 11.6 Å². The van der Waals surface area contributed by atoms with Crippen LogP contribution in [0.1, 0.15) is 37.2 Å². The summed E-state index contributed by atoms with van der Waals surface area (Å²) in [5, 5.41) is 14.5. The van der Waals surface area contributed by atoms with Gasteiger partial charge < -0.3 is 5.11 Å². The van der Waals surface area contributed by atoms with Crippen molar-refractivity contribution in [3.8, 4) is 0 Å². The van der Waals surface area contributed by atoms with Crippen LogP contribution in [0, 0.1) is 0 Å². The predicted molar refractivity (Wildman–Crippen MR) is 75.4 cm³/mol. The lowest BCUT2D eigenvalue weighted by atomic mass is 9.96. The van der Waals surface area contributed by atoms with Gasteiger partial charge in [-0.25, -0.2) is 9.67 Å². The van der Waals surface area contributed by atoms with Gasteiger partial charge in [-0.05, 0) is 31.5 Å². The zero-order chi connectivity index (χ0) is 13.8. The fourth-order valence-corrected chi connectivity index (χ4v) is 2.32. The van der Waals surface area contributed by atoms with E-state index in [1.54, 1.807) is 6.33 Å². The first-order valence-corrected chi connectivity index (χ1v) is 6.74. The van der Waals surface area contributed by atoms with E-state index in [1.807, 2.05) is 28.9 Å². The summed E-state index contributed by atoms with van der Waals surface area (Å²) in [6, 6.07) is 7.85. The quantitative estimate of drug-likeness (QED) is 0.916. The van der Waals surface area contributed by atoms with Crippen molar-refractivity contribution in [2.45, 2.75) is 32.2 Å². The molecule has 1 N–H and O–H groups in total. The summed E-state index contributed by atoms with van der Waals surface area (Å²) < 4.78 is 1.88. The predicted octanol–water partition coefficient (Wildman–Crippen LogP) is 2.83. The largest absolute Gasteiger partial charge is 0.396 e. The lowest BCUT2D eigenvalue weighted by Gasteiger charge is -2.16. The molecule has 1 heterocycles. The van der Waals surface area contributed by atoms with E-state index >= 15 is 0 Å². The Hall–Kier alpha value is -1.39. The maximum atomic E-state index is 9.60. The first-order valence-electron chi connectivity index (χ1n) is 6.36. The minimum Gasteiger partial charge on any atom is -0.396 e. The number of rotatable bonds is 5. The van der Waals surface area contributed by atoms with Crippen molar-refractivity contribution in [3.05, 3.63) is 47.0 Å². The number of aliphatic hydroxyl groups is 1. The third kappa shape index (κ3) is 3.33. The molecule has 0 saturated heterocycles. The van der Waals surface area contributed by atoms with Crippen molar-refractivity contribution in [3.63, 3.8) is 0 Å². The molecular weight excluding hydrogens is 262 g/mol. The van der Waals surface area contributed by atoms with Crippen LogP contribution in [0.5, 0.6) is 0 Å². The molecule has 0 radical (unpaired) electrons. The number of halogens is 1. The fourth-order valence-electron chi connectivity index (χ4n) is 2.12. The molecule has 1 unspecified atom stereocenters. The molecule has 5 heteroatoms. The zero-order valence-corrected chi connectivity index (χ0v) is 11.9. The monoisotopic (exact) mass is 279 g/mol. The van der Waals surface area contributed by atoms with E-state index in [-0.39, 0.29) is 18.6 Å². The van der Waals surface area contributed by atoms with Crippen LogP contribution in [0.2, 0.25) is 5.02 Å². The lowest BCUT2D eigenvalue weighted by molar-refractivity contribution is 0.261. The Morgan fingerprint density at radius 1 is 1.37 bits per heavy atom. The van der Waals surface area contributed by atoms with Crippen LogP contribution in [-0.2, 0) is 6.42 Å². The van der Waals surface area contributed by atoms with Gasteiger partial charge >= 0.3 is 0 Å². The van der Waals surface area contributed by atoms with Gasteiger partial charge in [0.15, 0.2) is 0 Å². The molecule has 2 rings (SSSR count). The fraction of sp³-hybridized carbons (Fsp3) is 0.429. The Kier molecular flexibility index (Phi) is 4.56. The van der Waals surface area contributed by atoms with Crippen LogP contribution < -0.4 is 0 Å². The molecule has 2 aromatic rings. The summed E-state index contributed by atoms with van der Waals surface area (Å²) in [7, 11) is 0. The van der Waals surface area contributed by atoms with E-state index in [1.165, 1.54) is 0 Å². The highest BCUT2D eigenvalue weighted by atomic mass is 35.5. The van der Waals surface area contributed by atoms with Gasteiger partial charge in [0.2, 0.25) is 0 Å². The second kappa shape index (κ2) is 6.17. The topological polar surface area (TPSA) is 50.9 Å². The Balaban J connectivity index is 2.22. The molecule has 0 aliphatic heterocycles. The average molecular weight is 280 g/mol. The Morgan fingerprint density at radius 3 is 2.79 bits per heavy atom. The van der Waals surface area contributed by atoms with E-state index in [0.717, 1.165) is 11.4 Å². The molecule has 0 saturated carbocycles. The molecule has 1 atom stereocenters.